The van der Waals surface area contributed by atoms with Gasteiger partial charge in [0.25, 0.3) is 0 Å². The Kier molecular flexibility index (Phi) is 9.88. The normalized spacial score (nSPS) is 14.4. The van der Waals surface area contributed by atoms with Crippen LogP contribution in [-0.4, -0.2) is 12.7 Å². The van der Waals surface area contributed by atoms with Crippen molar-refractivity contribution in [3.05, 3.63) is 34.6 Å². The lowest BCUT2D eigenvalue weighted by molar-refractivity contribution is -0.0365. The van der Waals surface area contributed by atoms with E-state index in [1.807, 2.05) is 13.8 Å². The second-order valence-electron chi connectivity index (χ2n) is 8.18. The van der Waals surface area contributed by atoms with E-state index in [9.17, 15) is 22.0 Å². The first-order valence-corrected chi connectivity index (χ1v) is 10.1. The van der Waals surface area contributed by atoms with Gasteiger partial charge >= 0.3 is 0 Å². The summed E-state index contributed by atoms with van der Waals surface area (Å²) in [6.45, 7) is 7.43. The first-order chi connectivity index (χ1) is 13.1. The minimum absolute atomic E-state index is 0.0753. The predicted octanol–water partition coefficient (Wildman–Crippen LogP) is 7.67. The van der Waals surface area contributed by atoms with E-state index in [1.165, 1.54) is 26.2 Å². The molecule has 28 heavy (non-hydrogen) atoms. The summed E-state index contributed by atoms with van der Waals surface area (Å²) in [5.74, 6) is -10.3. The van der Waals surface area contributed by atoms with Gasteiger partial charge in [-0.1, -0.05) is 52.4 Å². The molecule has 0 fully saturated rings. The Morgan fingerprint density at radius 1 is 0.786 bits per heavy atom. The van der Waals surface area contributed by atoms with Crippen LogP contribution in [0.4, 0.5) is 22.0 Å². The van der Waals surface area contributed by atoms with Gasteiger partial charge in [-0.2, -0.15) is 0 Å². The van der Waals surface area contributed by atoms with Gasteiger partial charge in [0.1, 0.15) is 0 Å². The van der Waals surface area contributed by atoms with Crippen LogP contribution in [0.15, 0.2) is 0 Å². The molecule has 0 saturated carbocycles. The zero-order valence-corrected chi connectivity index (χ0v) is 17.6. The van der Waals surface area contributed by atoms with E-state index in [0.717, 1.165) is 25.7 Å². The third-order valence-corrected chi connectivity index (χ3v) is 5.79. The zero-order valence-electron chi connectivity index (χ0n) is 17.6. The molecule has 0 aliphatic heterocycles. The minimum atomic E-state index is -2.12. The number of rotatable bonds is 12. The molecule has 0 saturated heterocycles. The van der Waals surface area contributed by atoms with Gasteiger partial charge in [0.15, 0.2) is 23.3 Å². The highest BCUT2D eigenvalue weighted by molar-refractivity contribution is 5.27. The van der Waals surface area contributed by atoms with Crippen molar-refractivity contribution in [1.82, 2.24) is 0 Å². The molecule has 0 spiro atoms. The second kappa shape index (κ2) is 11.1. The number of methoxy groups -OCH3 is 1. The molecule has 0 heterocycles. The van der Waals surface area contributed by atoms with Gasteiger partial charge in [0.05, 0.1) is 5.60 Å². The monoisotopic (exact) mass is 408 g/mol. The summed E-state index contributed by atoms with van der Waals surface area (Å²) in [6, 6.07) is 0. The molecule has 0 amide bonds. The summed E-state index contributed by atoms with van der Waals surface area (Å²) in [6.07, 6.45) is 7.69. The maximum absolute atomic E-state index is 14.2. The standard InChI is InChI=1S/C22H33F5O/c1-6-7-8-9-10-11-12-15(22(3,4)28-5)13-14(2)16-17(23)19(25)21(27)20(26)18(16)24/h14-15H,6-13H2,1-5H3. The summed E-state index contributed by atoms with van der Waals surface area (Å²) in [5, 5.41) is 0. The fourth-order valence-corrected chi connectivity index (χ4v) is 3.69. The number of hydrogen-bond donors (Lipinski definition) is 0. The van der Waals surface area contributed by atoms with Gasteiger partial charge in [-0.15, -0.1) is 0 Å². The van der Waals surface area contributed by atoms with E-state index in [0.29, 0.717) is 0 Å². The Bertz CT molecular complexity index is 601. The molecule has 162 valence electrons. The predicted molar refractivity (Wildman–Crippen MR) is 102 cm³/mol. The molecule has 1 aromatic rings. The average Bonchev–Trinajstić information content (AvgIpc) is 2.66. The van der Waals surface area contributed by atoms with Crippen molar-refractivity contribution in [1.29, 1.82) is 0 Å². The second-order valence-corrected chi connectivity index (χ2v) is 8.18. The molecule has 0 aliphatic rings. The van der Waals surface area contributed by atoms with Crippen molar-refractivity contribution in [2.75, 3.05) is 7.11 Å². The lowest BCUT2D eigenvalue weighted by atomic mass is 9.78. The van der Waals surface area contributed by atoms with Crippen molar-refractivity contribution < 1.29 is 26.7 Å². The van der Waals surface area contributed by atoms with Crippen LogP contribution in [0.2, 0.25) is 0 Å². The molecule has 0 aromatic heterocycles. The Balaban J connectivity index is 2.94. The Morgan fingerprint density at radius 2 is 1.25 bits per heavy atom. The molecule has 0 radical (unpaired) electrons. The van der Waals surface area contributed by atoms with Gasteiger partial charge in [0, 0.05) is 12.7 Å². The molecule has 6 heteroatoms. The average molecular weight is 408 g/mol. The van der Waals surface area contributed by atoms with Crippen molar-refractivity contribution in [3.8, 4) is 0 Å². The van der Waals surface area contributed by atoms with Crippen LogP contribution in [0, 0.1) is 35.0 Å². The molecule has 2 unspecified atom stereocenters. The first-order valence-electron chi connectivity index (χ1n) is 10.1. The van der Waals surface area contributed by atoms with Gasteiger partial charge in [-0.25, -0.2) is 22.0 Å². The van der Waals surface area contributed by atoms with Crippen LogP contribution in [0.3, 0.4) is 0 Å². The fraction of sp³-hybridized carbons (Fsp3) is 0.727. The maximum atomic E-state index is 14.2. The van der Waals surface area contributed by atoms with E-state index in [2.05, 4.69) is 6.92 Å². The number of hydrogen-bond acceptors (Lipinski definition) is 1. The quantitative estimate of drug-likeness (QED) is 0.149. The maximum Gasteiger partial charge on any atom is 0.200 e. The van der Waals surface area contributed by atoms with Crippen LogP contribution in [0.5, 0.6) is 0 Å². The number of ether oxygens (including phenoxy) is 1. The van der Waals surface area contributed by atoms with Crippen LogP contribution in [0.1, 0.15) is 90.5 Å². The Morgan fingerprint density at radius 3 is 1.75 bits per heavy atom. The van der Waals surface area contributed by atoms with Gasteiger partial charge in [0.2, 0.25) is 5.82 Å². The topological polar surface area (TPSA) is 9.23 Å². The molecule has 0 N–H and O–H groups in total. The Hall–Kier alpha value is -1.17. The molecular weight excluding hydrogens is 375 g/mol. The van der Waals surface area contributed by atoms with Crippen molar-refractivity contribution in [2.45, 2.75) is 90.6 Å². The van der Waals surface area contributed by atoms with Crippen LogP contribution in [0.25, 0.3) is 0 Å². The van der Waals surface area contributed by atoms with E-state index < -0.39 is 46.2 Å². The molecule has 0 aliphatic carbocycles. The van der Waals surface area contributed by atoms with Crippen LogP contribution >= 0.6 is 0 Å². The molecule has 2 atom stereocenters. The molecule has 1 aromatic carbocycles. The molecule has 1 nitrogen and oxygen atoms in total. The van der Waals surface area contributed by atoms with Gasteiger partial charge in [-0.05, 0) is 38.5 Å². The van der Waals surface area contributed by atoms with Crippen molar-refractivity contribution in [2.24, 2.45) is 5.92 Å². The lowest BCUT2D eigenvalue weighted by Crippen LogP contribution is -2.34. The van der Waals surface area contributed by atoms with Crippen molar-refractivity contribution in [3.63, 3.8) is 0 Å². The number of halogens is 5. The lowest BCUT2D eigenvalue weighted by Gasteiger charge is -2.35. The zero-order chi connectivity index (χ0) is 21.5. The van der Waals surface area contributed by atoms with Gasteiger partial charge < -0.3 is 4.74 Å². The summed E-state index contributed by atoms with van der Waals surface area (Å²) in [7, 11) is 1.57. The van der Waals surface area contributed by atoms with E-state index in [4.69, 9.17) is 4.74 Å². The van der Waals surface area contributed by atoms with Crippen molar-refractivity contribution >= 4 is 0 Å². The minimum Gasteiger partial charge on any atom is -0.379 e. The SMILES string of the molecule is CCCCCCCCC(CC(C)c1c(F)c(F)c(F)c(F)c1F)C(C)(C)OC. The third-order valence-electron chi connectivity index (χ3n) is 5.79. The third kappa shape index (κ3) is 6.16. The highest BCUT2D eigenvalue weighted by Gasteiger charge is 2.34. The summed E-state index contributed by atoms with van der Waals surface area (Å²) >= 11 is 0. The van der Waals surface area contributed by atoms with Gasteiger partial charge in [-0.3, -0.25) is 0 Å². The number of unbranched alkanes of at least 4 members (excludes halogenated alkanes) is 5. The molecule has 1 rings (SSSR count). The first kappa shape index (κ1) is 24.9. The Labute approximate surface area is 165 Å². The van der Waals surface area contributed by atoms with Crippen LogP contribution < -0.4 is 0 Å². The highest BCUT2D eigenvalue weighted by atomic mass is 19.2. The summed E-state index contributed by atoms with van der Waals surface area (Å²) in [4.78, 5) is 0. The van der Waals surface area contributed by atoms with E-state index in [-0.39, 0.29) is 12.3 Å². The van der Waals surface area contributed by atoms with E-state index in [1.54, 1.807) is 7.11 Å². The largest absolute Gasteiger partial charge is 0.379 e. The highest BCUT2D eigenvalue weighted by Crippen LogP contribution is 2.38. The summed E-state index contributed by atoms with van der Waals surface area (Å²) < 4.78 is 74.3. The number of benzene rings is 1. The summed E-state index contributed by atoms with van der Waals surface area (Å²) in [5.41, 5.74) is -1.31. The fourth-order valence-electron chi connectivity index (χ4n) is 3.69. The van der Waals surface area contributed by atoms with Crippen LogP contribution in [-0.2, 0) is 4.74 Å². The molecular formula is C22H33F5O. The molecule has 0 bridgehead atoms. The smallest absolute Gasteiger partial charge is 0.200 e. The van der Waals surface area contributed by atoms with E-state index >= 15 is 0 Å².